The van der Waals surface area contributed by atoms with Crippen molar-refractivity contribution in [3.63, 3.8) is 0 Å². The predicted octanol–water partition coefficient (Wildman–Crippen LogP) is 1.51. The van der Waals surface area contributed by atoms with Crippen LogP contribution in [-0.2, 0) is 43.1 Å². The van der Waals surface area contributed by atoms with Crippen molar-refractivity contribution in [3.8, 4) is 0 Å². The first-order valence-corrected chi connectivity index (χ1v) is 14.6. The van der Waals surface area contributed by atoms with Gasteiger partial charge < -0.3 is 35.8 Å². The molecule has 240 valence electrons. The van der Waals surface area contributed by atoms with E-state index in [9.17, 15) is 24.0 Å². The molecule has 1 aromatic heterocycles. The van der Waals surface area contributed by atoms with Gasteiger partial charge in [0, 0.05) is 11.8 Å². The number of hydrogen-bond acceptors (Lipinski definition) is 14. The number of oxime groups is 1. The first-order chi connectivity index (χ1) is 22.0. The molecule has 3 atom stereocenters. The van der Waals surface area contributed by atoms with Crippen LogP contribution in [0.15, 0.2) is 71.2 Å². The second-order valence-corrected chi connectivity index (χ2v) is 10.9. The largest absolute Gasteiger partial charge is 0.448 e. The van der Waals surface area contributed by atoms with Crippen molar-refractivity contribution in [1.29, 1.82) is 0 Å². The van der Waals surface area contributed by atoms with Gasteiger partial charge in [-0.05, 0) is 18.1 Å². The van der Waals surface area contributed by atoms with E-state index in [-0.39, 0.29) is 17.2 Å². The highest BCUT2D eigenvalue weighted by Gasteiger charge is 2.68. The van der Waals surface area contributed by atoms with Crippen LogP contribution in [0.4, 0.5) is 9.93 Å². The summed E-state index contributed by atoms with van der Waals surface area (Å²) in [4.78, 5) is 80.9. The maximum atomic E-state index is 14.2. The van der Waals surface area contributed by atoms with Gasteiger partial charge in [0.2, 0.25) is 0 Å². The number of carbonyl (C=O) groups excluding carboxylic acids is 5. The number of cyclic esters (lactones) is 1. The lowest BCUT2D eigenvalue weighted by atomic mass is 10.0. The smallest absolute Gasteiger partial charge is 0.407 e. The van der Waals surface area contributed by atoms with Crippen molar-refractivity contribution in [2.24, 2.45) is 10.9 Å². The Morgan fingerprint density at radius 3 is 2.24 bits per heavy atom. The second kappa shape index (κ2) is 12.8. The standard InChI is InChI=1S/C29H28N6O10S/c1-16-29(44-27(31)40,33-23(37)21(34-41-2)19-15-46-26(30)32-19)24(38)35(45-16)28(14-13-20(36)43-28)25(39)42-22(17-9-5-3-6-10-17)18-11-7-4-8-12-18/h3-12,15-16,22H,13-14H2,1-2H3,(H2,30,32)(H2,31,40)(H,33,37)/b34-21-. The highest BCUT2D eigenvalue weighted by atomic mass is 32.1. The molecule has 0 spiro atoms. The molecule has 0 saturated carbocycles. The number of nitrogens with two attached hydrogens (primary N) is 2. The van der Waals surface area contributed by atoms with Crippen LogP contribution in [0.1, 0.15) is 42.7 Å². The number of hydrogen-bond donors (Lipinski definition) is 3. The van der Waals surface area contributed by atoms with Crippen LogP contribution in [-0.4, -0.2) is 70.3 Å². The molecule has 0 bridgehead atoms. The van der Waals surface area contributed by atoms with Crippen LogP contribution in [0.2, 0.25) is 0 Å². The van der Waals surface area contributed by atoms with Gasteiger partial charge in [-0.3, -0.25) is 19.2 Å². The lowest BCUT2D eigenvalue weighted by molar-refractivity contribution is -0.271. The maximum absolute atomic E-state index is 14.2. The van der Waals surface area contributed by atoms with E-state index in [2.05, 4.69) is 15.5 Å². The van der Waals surface area contributed by atoms with Gasteiger partial charge in [0.1, 0.15) is 12.8 Å². The molecule has 3 unspecified atom stereocenters. The molecule has 2 saturated heterocycles. The number of carbonyl (C=O) groups is 5. The number of rotatable bonds is 10. The summed E-state index contributed by atoms with van der Waals surface area (Å²) >= 11 is 0.996. The van der Waals surface area contributed by atoms with E-state index >= 15 is 0 Å². The number of ether oxygens (including phenoxy) is 3. The zero-order valence-corrected chi connectivity index (χ0v) is 25.2. The molecule has 5 rings (SSSR count). The van der Waals surface area contributed by atoms with Crippen molar-refractivity contribution in [3.05, 3.63) is 82.9 Å². The summed E-state index contributed by atoms with van der Waals surface area (Å²) in [7, 11) is 1.16. The molecule has 2 aromatic carbocycles. The summed E-state index contributed by atoms with van der Waals surface area (Å²) in [5.74, 6) is -4.45. The highest BCUT2D eigenvalue weighted by molar-refractivity contribution is 7.13. The molecule has 3 heterocycles. The van der Waals surface area contributed by atoms with Gasteiger partial charge in [-0.25, -0.2) is 14.6 Å². The number of nitrogens with zero attached hydrogens (tertiary/aromatic N) is 3. The number of primary amides is 1. The van der Waals surface area contributed by atoms with Gasteiger partial charge in [0.25, 0.3) is 11.6 Å². The summed E-state index contributed by atoms with van der Waals surface area (Å²) in [5.41, 5.74) is 6.53. The number of nitrogen functional groups attached to an aromatic ring is 1. The average Bonchev–Trinajstić information content (AvgIpc) is 3.72. The molecule has 2 fully saturated rings. The molecular formula is C29H28N6O10S. The Kier molecular flexibility index (Phi) is 8.88. The molecule has 2 aliphatic heterocycles. The molecule has 2 aliphatic rings. The van der Waals surface area contributed by atoms with E-state index in [1.165, 1.54) is 12.3 Å². The van der Waals surface area contributed by atoms with Gasteiger partial charge in [0.05, 0.1) is 6.42 Å². The van der Waals surface area contributed by atoms with Gasteiger partial charge >= 0.3 is 29.7 Å². The van der Waals surface area contributed by atoms with Crippen LogP contribution in [0.3, 0.4) is 0 Å². The van der Waals surface area contributed by atoms with Crippen LogP contribution < -0.4 is 16.8 Å². The van der Waals surface area contributed by atoms with E-state index in [4.69, 9.17) is 35.4 Å². The third-order valence-corrected chi connectivity index (χ3v) is 7.76. The molecule has 16 nitrogen and oxygen atoms in total. The summed E-state index contributed by atoms with van der Waals surface area (Å²) in [5, 5.41) is 7.86. The molecule has 5 N–H and O–H groups in total. The fourth-order valence-electron chi connectivity index (χ4n) is 4.95. The van der Waals surface area contributed by atoms with Crippen LogP contribution in [0.25, 0.3) is 0 Å². The van der Waals surface area contributed by atoms with E-state index in [0.717, 1.165) is 18.4 Å². The van der Waals surface area contributed by atoms with Crippen molar-refractivity contribution in [1.82, 2.24) is 15.4 Å². The minimum absolute atomic E-state index is 0.0235. The lowest BCUT2D eigenvalue weighted by Crippen LogP contribution is -2.65. The molecule has 3 aromatic rings. The van der Waals surface area contributed by atoms with Crippen molar-refractivity contribution < 1.29 is 47.9 Å². The molecule has 46 heavy (non-hydrogen) atoms. The van der Waals surface area contributed by atoms with Gasteiger partial charge in [-0.1, -0.05) is 65.8 Å². The summed E-state index contributed by atoms with van der Waals surface area (Å²) in [6.07, 6.45) is -4.71. The minimum Gasteiger partial charge on any atom is -0.448 e. The third kappa shape index (κ3) is 5.92. The maximum Gasteiger partial charge on any atom is 0.407 e. The highest BCUT2D eigenvalue weighted by Crippen LogP contribution is 2.41. The summed E-state index contributed by atoms with van der Waals surface area (Å²) < 4.78 is 16.6. The number of thiazole rings is 1. The Bertz CT molecular complexity index is 1650. The quantitative estimate of drug-likeness (QED) is 0.0932. The first-order valence-electron chi connectivity index (χ1n) is 13.7. The van der Waals surface area contributed by atoms with Crippen LogP contribution in [0.5, 0.6) is 0 Å². The van der Waals surface area contributed by atoms with Crippen LogP contribution >= 0.6 is 11.3 Å². The van der Waals surface area contributed by atoms with E-state index < -0.39 is 65.6 Å². The minimum atomic E-state index is -2.68. The number of hydroxylamine groups is 2. The summed E-state index contributed by atoms with van der Waals surface area (Å²) in [6.45, 7) is 1.25. The fraction of sp³-hybridized carbons (Fsp3) is 0.276. The monoisotopic (exact) mass is 652 g/mol. The number of esters is 2. The van der Waals surface area contributed by atoms with Crippen molar-refractivity contribution >= 4 is 52.0 Å². The van der Waals surface area contributed by atoms with Crippen LogP contribution in [0, 0.1) is 0 Å². The normalized spacial score (nSPS) is 22.8. The Labute approximate surface area is 265 Å². The second-order valence-electron chi connectivity index (χ2n) is 10.0. The topological polar surface area (TPSA) is 224 Å². The molecule has 0 aliphatic carbocycles. The SMILES string of the molecule is CO/N=C(\C(=O)NC1(OC(N)=O)C(=O)N(C2(C(=O)OC(c3ccccc3)c3ccccc3)CCC(=O)O2)OC1C)c1csc(N)n1. The Morgan fingerprint density at radius 2 is 1.74 bits per heavy atom. The average molecular weight is 653 g/mol. The molecule has 3 amide bonds. The number of aromatic nitrogens is 1. The van der Waals surface area contributed by atoms with Gasteiger partial charge in [-0.15, -0.1) is 11.3 Å². The van der Waals surface area contributed by atoms with Crippen molar-refractivity contribution in [2.45, 2.75) is 43.4 Å². The van der Waals surface area contributed by atoms with Crippen molar-refractivity contribution in [2.75, 3.05) is 12.8 Å². The zero-order valence-electron chi connectivity index (χ0n) is 24.4. The Morgan fingerprint density at radius 1 is 1.11 bits per heavy atom. The Balaban J connectivity index is 1.52. The number of anilines is 1. The zero-order chi connectivity index (χ0) is 33.1. The molecular weight excluding hydrogens is 624 g/mol. The Hall–Kier alpha value is -5.55. The van der Waals surface area contributed by atoms with Gasteiger partial charge in [0.15, 0.2) is 23.1 Å². The number of nitrogens with one attached hydrogen (secondary N) is 1. The van der Waals surface area contributed by atoms with E-state index in [0.29, 0.717) is 16.2 Å². The fourth-order valence-corrected chi connectivity index (χ4v) is 5.50. The molecule has 0 radical (unpaired) electrons. The first kappa shape index (κ1) is 31.9. The summed E-state index contributed by atoms with van der Waals surface area (Å²) in [6, 6.07) is 17.5. The third-order valence-electron chi connectivity index (χ3n) is 7.09. The van der Waals surface area contributed by atoms with E-state index in [1.54, 1.807) is 60.7 Å². The number of benzene rings is 2. The molecule has 17 heteroatoms. The van der Waals surface area contributed by atoms with Gasteiger partial charge in [-0.2, -0.15) is 5.06 Å². The predicted molar refractivity (Wildman–Crippen MR) is 158 cm³/mol. The lowest BCUT2D eigenvalue weighted by Gasteiger charge is -2.34. The van der Waals surface area contributed by atoms with E-state index in [1.807, 2.05) is 0 Å². The number of amides is 3.